The molecule has 2 rings (SSSR count). The van der Waals surface area contributed by atoms with Crippen molar-refractivity contribution in [3.05, 3.63) is 29.8 Å². The van der Waals surface area contributed by atoms with Crippen LogP contribution in [-0.4, -0.2) is 48.1 Å². The molecule has 1 aromatic carbocycles. The molecule has 0 spiro atoms. The van der Waals surface area contributed by atoms with Gasteiger partial charge < -0.3 is 14.9 Å². The minimum Gasteiger partial charge on any atom is -0.474 e. The first-order valence-corrected chi connectivity index (χ1v) is 6.48. The number of aliphatic carboxylic acids is 1. The molecule has 0 saturated carbocycles. The lowest BCUT2D eigenvalue weighted by molar-refractivity contribution is -0.156. The number of carbonyl (C=O) groups excluding carboxylic acids is 1. The predicted molar refractivity (Wildman–Crippen MR) is 72.2 cm³/mol. The number of benzene rings is 1. The maximum atomic E-state index is 11.3. The van der Waals surface area contributed by atoms with E-state index in [0.29, 0.717) is 26.2 Å². The summed E-state index contributed by atoms with van der Waals surface area (Å²) >= 11 is 0. The molecule has 0 atom stereocenters. The minimum atomic E-state index is -1.37. The monoisotopic (exact) mass is 262 g/mol. The van der Waals surface area contributed by atoms with Crippen molar-refractivity contribution in [2.75, 3.05) is 31.1 Å². The van der Waals surface area contributed by atoms with E-state index in [4.69, 9.17) is 5.11 Å². The average molecular weight is 262 g/mol. The number of carboxylic acid groups (broad SMARTS) is 1. The van der Waals surface area contributed by atoms with Crippen LogP contribution in [0.25, 0.3) is 0 Å². The molecule has 0 aromatic heterocycles. The molecule has 1 amide bonds. The number of piperazine rings is 1. The Kier molecular flexibility index (Phi) is 4.04. The molecule has 1 N–H and O–H groups in total. The highest BCUT2D eigenvalue weighted by molar-refractivity contribution is 6.31. The zero-order valence-corrected chi connectivity index (χ0v) is 11.0. The van der Waals surface area contributed by atoms with E-state index >= 15 is 0 Å². The van der Waals surface area contributed by atoms with Crippen molar-refractivity contribution >= 4 is 17.6 Å². The van der Waals surface area contributed by atoms with Crippen LogP contribution in [0.5, 0.6) is 0 Å². The van der Waals surface area contributed by atoms with Gasteiger partial charge in [0.1, 0.15) is 0 Å². The van der Waals surface area contributed by atoms with E-state index in [0.717, 1.165) is 12.1 Å². The number of carboxylic acids is 1. The van der Waals surface area contributed by atoms with Gasteiger partial charge in [0.25, 0.3) is 0 Å². The Labute approximate surface area is 112 Å². The molecule has 19 heavy (non-hydrogen) atoms. The van der Waals surface area contributed by atoms with Crippen LogP contribution in [0.3, 0.4) is 0 Å². The van der Waals surface area contributed by atoms with Crippen molar-refractivity contribution in [2.24, 2.45) is 0 Å². The Bertz CT molecular complexity index is 462. The number of aryl methyl sites for hydroxylation is 1. The molecule has 0 aliphatic carbocycles. The Balaban J connectivity index is 1.95. The fourth-order valence-electron chi connectivity index (χ4n) is 2.25. The Hall–Kier alpha value is -2.04. The molecular weight excluding hydrogens is 244 g/mol. The topological polar surface area (TPSA) is 60.9 Å². The molecule has 0 bridgehead atoms. The number of hydrogen-bond donors (Lipinski definition) is 1. The summed E-state index contributed by atoms with van der Waals surface area (Å²) in [5.74, 6) is -2.18. The van der Waals surface area contributed by atoms with Gasteiger partial charge in [0, 0.05) is 31.9 Å². The van der Waals surface area contributed by atoms with Crippen molar-refractivity contribution in [3.63, 3.8) is 0 Å². The van der Waals surface area contributed by atoms with E-state index in [-0.39, 0.29) is 0 Å². The smallest absolute Gasteiger partial charge is 0.394 e. The zero-order chi connectivity index (χ0) is 13.8. The molecule has 1 saturated heterocycles. The number of nitrogens with zero attached hydrogens (tertiary/aromatic N) is 2. The van der Waals surface area contributed by atoms with Gasteiger partial charge in [0.05, 0.1) is 0 Å². The van der Waals surface area contributed by atoms with Gasteiger partial charge in [-0.05, 0) is 24.1 Å². The van der Waals surface area contributed by atoms with Crippen LogP contribution in [0.2, 0.25) is 0 Å². The standard InChI is InChI=1S/C14H18N2O3/c1-2-11-3-5-12(6-4-11)15-7-9-16(10-8-15)13(17)14(18)19/h3-6H,2,7-10H2,1H3,(H,18,19). The summed E-state index contributed by atoms with van der Waals surface area (Å²) in [5.41, 5.74) is 2.42. The van der Waals surface area contributed by atoms with Crippen LogP contribution >= 0.6 is 0 Å². The van der Waals surface area contributed by atoms with E-state index in [1.807, 2.05) is 0 Å². The van der Waals surface area contributed by atoms with Gasteiger partial charge >= 0.3 is 11.9 Å². The summed E-state index contributed by atoms with van der Waals surface area (Å²) < 4.78 is 0. The molecule has 1 heterocycles. The van der Waals surface area contributed by atoms with Crippen LogP contribution in [0.15, 0.2) is 24.3 Å². The van der Waals surface area contributed by atoms with Crippen LogP contribution in [0.1, 0.15) is 12.5 Å². The quantitative estimate of drug-likeness (QED) is 0.807. The SMILES string of the molecule is CCc1ccc(N2CCN(C(=O)C(=O)O)CC2)cc1. The van der Waals surface area contributed by atoms with Gasteiger partial charge in [-0.25, -0.2) is 4.79 Å². The molecular formula is C14H18N2O3. The number of anilines is 1. The maximum absolute atomic E-state index is 11.3. The molecule has 1 fully saturated rings. The lowest BCUT2D eigenvalue weighted by Gasteiger charge is -2.35. The van der Waals surface area contributed by atoms with E-state index < -0.39 is 11.9 Å². The van der Waals surface area contributed by atoms with Crippen LogP contribution in [0.4, 0.5) is 5.69 Å². The molecule has 5 nitrogen and oxygen atoms in total. The van der Waals surface area contributed by atoms with E-state index in [2.05, 4.69) is 36.1 Å². The summed E-state index contributed by atoms with van der Waals surface area (Å²) in [4.78, 5) is 25.5. The second kappa shape index (κ2) is 5.73. The fourth-order valence-corrected chi connectivity index (χ4v) is 2.25. The Morgan fingerprint density at radius 1 is 1.11 bits per heavy atom. The molecule has 102 valence electrons. The van der Waals surface area contributed by atoms with Crippen molar-refractivity contribution in [1.29, 1.82) is 0 Å². The van der Waals surface area contributed by atoms with E-state index in [9.17, 15) is 9.59 Å². The molecule has 1 aromatic rings. The largest absolute Gasteiger partial charge is 0.474 e. The highest BCUT2D eigenvalue weighted by atomic mass is 16.4. The van der Waals surface area contributed by atoms with Gasteiger partial charge in [-0.15, -0.1) is 0 Å². The normalized spacial score (nSPS) is 15.4. The molecule has 5 heteroatoms. The van der Waals surface area contributed by atoms with Gasteiger partial charge in [-0.2, -0.15) is 0 Å². The maximum Gasteiger partial charge on any atom is 0.394 e. The lowest BCUT2D eigenvalue weighted by Crippen LogP contribution is -2.50. The first-order valence-electron chi connectivity index (χ1n) is 6.48. The van der Waals surface area contributed by atoms with Crippen LogP contribution in [-0.2, 0) is 16.0 Å². The third-order valence-corrected chi connectivity index (χ3v) is 3.46. The van der Waals surface area contributed by atoms with Crippen molar-refractivity contribution < 1.29 is 14.7 Å². The zero-order valence-electron chi connectivity index (χ0n) is 11.0. The summed E-state index contributed by atoms with van der Waals surface area (Å²) in [6, 6.07) is 8.36. The lowest BCUT2D eigenvalue weighted by atomic mass is 10.1. The van der Waals surface area contributed by atoms with Gasteiger partial charge in [0.2, 0.25) is 0 Å². The highest BCUT2D eigenvalue weighted by Gasteiger charge is 2.25. The molecule has 0 unspecified atom stereocenters. The number of carbonyl (C=O) groups is 2. The van der Waals surface area contributed by atoms with Crippen LogP contribution in [0, 0.1) is 0 Å². The molecule has 0 radical (unpaired) electrons. The van der Waals surface area contributed by atoms with Gasteiger partial charge in [0.15, 0.2) is 0 Å². The number of rotatable bonds is 2. The van der Waals surface area contributed by atoms with Crippen molar-refractivity contribution in [2.45, 2.75) is 13.3 Å². The Morgan fingerprint density at radius 3 is 2.16 bits per heavy atom. The highest BCUT2D eigenvalue weighted by Crippen LogP contribution is 2.17. The third-order valence-electron chi connectivity index (χ3n) is 3.46. The fraction of sp³-hybridized carbons (Fsp3) is 0.429. The average Bonchev–Trinajstić information content (AvgIpc) is 2.46. The van der Waals surface area contributed by atoms with Crippen molar-refractivity contribution in [1.82, 2.24) is 4.90 Å². The summed E-state index contributed by atoms with van der Waals surface area (Å²) in [7, 11) is 0. The first-order chi connectivity index (χ1) is 9.11. The predicted octanol–water partition coefficient (Wildman–Crippen LogP) is 0.982. The second-order valence-corrected chi connectivity index (χ2v) is 4.60. The Morgan fingerprint density at radius 2 is 1.68 bits per heavy atom. The summed E-state index contributed by atoms with van der Waals surface area (Å²) in [6.07, 6.45) is 1.02. The minimum absolute atomic E-state index is 0.459. The van der Waals surface area contributed by atoms with Gasteiger partial charge in [-0.3, -0.25) is 4.79 Å². The second-order valence-electron chi connectivity index (χ2n) is 4.60. The number of amides is 1. The van der Waals surface area contributed by atoms with E-state index in [1.54, 1.807) is 0 Å². The number of hydrogen-bond acceptors (Lipinski definition) is 3. The van der Waals surface area contributed by atoms with Crippen LogP contribution < -0.4 is 4.90 Å². The van der Waals surface area contributed by atoms with Gasteiger partial charge in [-0.1, -0.05) is 19.1 Å². The van der Waals surface area contributed by atoms with E-state index in [1.165, 1.54) is 10.5 Å². The summed E-state index contributed by atoms with van der Waals surface area (Å²) in [5, 5.41) is 8.67. The molecule has 1 aliphatic heterocycles. The van der Waals surface area contributed by atoms with Crippen molar-refractivity contribution in [3.8, 4) is 0 Å². The third kappa shape index (κ3) is 3.05. The molecule has 1 aliphatic rings. The first kappa shape index (κ1) is 13.4. The summed E-state index contributed by atoms with van der Waals surface area (Å²) in [6.45, 7) is 4.38.